The molecule has 0 bridgehead atoms. The Morgan fingerprint density at radius 3 is 1.86 bits per heavy atom. The smallest absolute Gasteiger partial charge is 0.356 e. The molecule has 29 heavy (non-hydrogen) atoms. The minimum atomic E-state index is -4.37. The van der Waals surface area contributed by atoms with Crippen LogP contribution in [0.4, 0.5) is 0 Å². The summed E-state index contributed by atoms with van der Waals surface area (Å²) in [6.45, 7) is 4.96. The first-order chi connectivity index (χ1) is 13.9. The van der Waals surface area contributed by atoms with E-state index in [4.69, 9.17) is 9.47 Å². The highest BCUT2D eigenvalue weighted by Crippen LogP contribution is 2.38. The SMILES string of the molecule is CCOc1ccc2c3ccc(OCC)cc3n(-c3cccc(P(=O)(O)O)c3)c2c1. The molecule has 0 radical (unpaired) electrons. The third-order valence-electron chi connectivity index (χ3n) is 4.76. The lowest BCUT2D eigenvalue weighted by molar-refractivity contribution is 0.340. The molecular weight excluding hydrogens is 389 g/mol. The third kappa shape index (κ3) is 3.62. The molecule has 0 spiro atoms. The van der Waals surface area contributed by atoms with Crippen LogP contribution in [0.3, 0.4) is 0 Å². The fourth-order valence-corrected chi connectivity index (χ4v) is 4.16. The lowest BCUT2D eigenvalue weighted by Gasteiger charge is -2.12. The molecule has 1 aromatic heterocycles. The van der Waals surface area contributed by atoms with Crippen molar-refractivity contribution in [2.24, 2.45) is 0 Å². The van der Waals surface area contributed by atoms with Crippen LogP contribution in [-0.2, 0) is 4.57 Å². The third-order valence-corrected chi connectivity index (χ3v) is 5.71. The number of fused-ring (bicyclic) bond motifs is 3. The van der Waals surface area contributed by atoms with E-state index in [0.717, 1.165) is 33.3 Å². The molecule has 0 saturated heterocycles. The zero-order valence-electron chi connectivity index (χ0n) is 16.2. The number of rotatable bonds is 6. The summed E-state index contributed by atoms with van der Waals surface area (Å²) in [5.74, 6) is 1.47. The Morgan fingerprint density at radius 1 is 0.828 bits per heavy atom. The van der Waals surface area contributed by atoms with Crippen molar-refractivity contribution >= 4 is 34.7 Å². The van der Waals surface area contributed by atoms with E-state index in [-0.39, 0.29) is 5.30 Å². The Kier molecular flexibility index (Phi) is 5.09. The quantitative estimate of drug-likeness (QED) is 0.460. The van der Waals surface area contributed by atoms with Gasteiger partial charge in [0.2, 0.25) is 0 Å². The summed E-state index contributed by atoms with van der Waals surface area (Å²) in [5.41, 5.74) is 2.44. The van der Waals surface area contributed by atoms with Gasteiger partial charge in [-0.2, -0.15) is 0 Å². The molecular formula is C22H22NO5P. The Labute approximate surface area is 168 Å². The standard InChI is InChI=1S/C22H22NO5P/c1-3-27-16-8-10-19-20-11-9-17(28-4-2)14-22(20)23(21(19)13-16)15-6-5-7-18(12-15)29(24,25)26/h5-14H,3-4H2,1-2H3,(H2,24,25,26). The van der Waals surface area contributed by atoms with Crippen molar-refractivity contribution in [3.8, 4) is 17.2 Å². The second-order valence-electron chi connectivity index (χ2n) is 6.62. The van der Waals surface area contributed by atoms with Gasteiger partial charge in [-0.15, -0.1) is 0 Å². The lowest BCUT2D eigenvalue weighted by atomic mass is 10.1. The second-order valence-corrected chi connectivity index (χ2v) is 8.23. The van der Waals surface area contributed by atoms with Crippen LogP contribution in [-0.4, -0.2) is 27.6 Å². The van der Waals surface area contributed by atoms with E-state index < -0.39 is 7.60 Å². The number of ether oxygens (including phenoxy) is 2. The highest BCUT2D eigenvalue weighted by atomic mass is 31.2. The number of hydrogen-bond acceptors (Lipinski definition) is 3. The summed E-state index contributed by atoms with van der Waals surface area (Å²) in [4.78, 5) is 19.3. The van der Waals surface area contributed by atoms with Crippen molar-refractivity contribution in [3.63, 3.8) is 0 Å². The monoisotopic (exact) mass is 411 g/mol. The highest BCUT2D eigenvalue weighted by molar-refractivity contribution is 7.60. The molecule has 1 heterocycles. The highest BCUT2D eigenvalue weighted by Gasteiger charge is 2.19. The average molecular weight is 411 g/mol. The van der Waals surface area contributed by atoms with Gasteiger partial charge < -0.3 is 23.8 Å². The number of benzene rings is 3. The van der Waals surface area contributed by atoms with Gasteiger partial charge in [0, 0.05) is 28.6 Å². The van der Waals surface area contributed by atoms with Crippen LogP contribution in [0, 0.1) is 0 Å². The van der Waals surface area contributed by atoms with Crippen LogP contribution < -0.4 is 14.8 Å². The largest absolute Gasteiger partial charge is 0.494 e. The Hall–Kier alpha value is -2.79. The molecule has 3 aromatic carbocycles. The Bertz CT molecular complexity index is 1180. The van der Waals surface area contributed by atoms with Crippen molar-refractivity contribution in [2.45, 2.75) is 13.8 Å². The summed E-state index contributed by atoms with van der Waals surface area (Å²) < 4.78 is 25.1. The predicted octanol–water partition coefficient (Wildman–Crippen LogP) is 4.38. The average Bonchev–Trinajstić information content (AvgIpc) is 3.01. The molecule has 4 aromatic rings. The maximum absolute atomic E-state index is 11.8. The van der Waals surface area contributed by atoms with Gasteiger partial charge >= 0.3 is 7.60 Å². The number of hydrogen-bond donors (Lipinski definition) is 2. The molecule has 0 fully saturated rings. The molecule has 7 heteroatoms. The summed E-state index contributed by atoms with van der Waals surface area (Å²) in [6, 6.07) is 18.2. The molecule has 4 rings (SSSR count). The molecule has 0 aliphatic carbocycles. The zero-order valence-corrected chi connectivity index (χ0v) is 17.1. The second kappa shape index (κ2) is 7.56. The molecule has 0 saturated carbocycles. The summed E-state index contributed by atoms with van der Waals surface area (Å²) in [5, 5.41) is 2.02. The minimum Gasteiger partial charge on any atom is -0.494 e. The molecule has 150 valence electrons. The van der Waals surface area contributed by atoms with Crippen molar-refractivity contribution in [3.05, 3.63) is 60.7 Å². The number of aromatic nitrogens is 1. The molecule has 0 aliphatic heterocycles. The predicted molar refractivity (Wildman–Crippen MR) is 115 cm³/mol. The van der Waals surface area contributed by atoms with E-state index in [1.54, 1.807) is 6.07 Å². The van der Waals surface area contributed by atoms with Crippen LogP contribution >= 0.6 is 7.60 Å². The molecule has 0 amide bonds. The van der Waals surface area contributed by atoms with E-state index in [0.29, 0.717) is 18.9 Å². The molecule has 6 nitrogen and oxygen atoms in total. The van der Waals surface area contributed by atoms with Gasteiger partial charge in [-0.05, 0) is 56.3 Å². The van der Waals surface area contributed by atoms with Crippen LogP contribution in [0.5, 0.6) is 11.5 Å². The first-order valence-electron chi connectivity index (χ1n) is 9.42. The maximum Gasteiger partial charge on any atom is 0.356 e. The zero-order chi connectivity index (χ0) is 20.6. The molecule has 0 atom stereocenters. The van der Waals surface area contributed by atoms with Crippen molar-refractivity contribution in [1.82, 2.24) is 4.57 Å². The van der Waals surface area contributed by atoms with Gasteiger partial charge in [0.25, 0.3) is 0 Å². The van der Waals surface area contributed by atoms with Gasteiger partial charge in [0.1, 0.15) is 11.5 Å². The summed E-state index contributed by atoms with van der Waals surface area (Å²) in [7, 11) is -4.37. The fraction of sp³-hybridized carbons (Fsp3) is 0.182. The molecule has 2 N–H and O–H groups in total. The fourth-order valence-electron chi connectivity index (χ4n) is 3.58. The van der Waals surface area contributed by atoms with Gasteiger partial charge in [-0.25, -0.2) is 0 Å². The van der Waals surface area contributed by atoms with Crippen LogP contribution in [0.1, 0.15) is 13.8 Å². The van der Waals surface area contributed by atoms with Gasteiger partial charge in [-0.3, -0.25) is 4.57 Å². The summed E-state index contributed by atoms with van der Waals surface area (Å²) >= 11 is 0. The topological polar surface area (TPSA) is 80.9 Å². The van der Waals surface area contributed by atoms with E-state index in [1.807, 2.05) is 60.9 Å². The first-order valence-corrected chi connectivity index (χ1v) is 11.0. The minimum absolute atomic E-state index is 0.0214. The van der Waals surface area contributed by atoms with E-state index >= 15 is 0 Å². The van der Waals surface area contributed by atoms with E-state index in [1.165, 1.54) is 12.1 Å². The van der Waals surface area contributed by atoms with Gasteiger partial charge in [0.05, 0.1) is 29.6 Å². The first kappa shape index (κ1) is 19.5. The van der Waals surface area contributed by atoms with Crippen molar-refractivity contribution in [1.29, 1.82) is 0 Å². The van der Waals surface area contributed by atoms with Crippen LogP contribution in [0.15, 0.2) is 60.7 Å². The molecule has 0 aliphatic rings. The van der Waals surface area contributed by atoms with Crippen LogP contribution in [0.25, 0.3) is 27.5 Å². The Balaban J connectivity index is 2.06. The van der Waals surface area contributed by atoms with Gasteiger partial charge in [-0.1, -0.05) is 6.07 Å². The van der Waals surface area contributed by atoms with E-state index in [9.17, 15) is 14.4 Å². The maximum atomic E-state index is 11.8. The van der Waals surface area contributed by atoms with Crippen molar-refractivity contribution < 1.29 is 23.8 Å². The Morgan fingerprint density at radius 2 is 1.38 bits per heavy atom. The van der Waals surface area contributed by atoms with Crippen molar-refractivity contribution in [2.75, 3.05) is 13.2 Å². The van der Waals surface area contributed by atoms with E-state index in [2.05, 4.69) is 0 Å². The normalized spacial score (nSPS) is 11.9. The lowest BCUT2D eigenvalue weighted by Crippen LogP contribution is -2.06. The molecule has 0 unspecified atom stereocenters. The van der Waals surface area contributed by atoms with Gasteiger partial charge in [0.15, 0.2) is 0 Å². The summed E-state index contributed by atoms with van der Waals surface area (Å²) in [6.07, 6.45) is 0. The number of nitrogens with zero attached hydrogens (tertiary/aromatic N) is 1. The van der Waals surface area contributed by atoms with Crippen LogP contribution in [0.2, 0.25) is 0 Å².